The van der Waals surface area contributed by atoms with Crippen LogP contribution in [0, 0.1) is 13.8 Å². The number of aryl methyl sites for hydroxylation is 3. The molecule has 0 aliphatic heterocycles. The van der Waals surface area contributed by atoms with Crippen molar-refractivity contribution in [2.24, 2.45) is 0 Å². The molecule has 2 heterocycles. The van der Waals surface area contributed by atoms with Gasteiger partial charge in [0.1, 0.15) is 0 Å². The molecule has 0 bridgehead atoms. The molecule has 2 aromatic heterocycles. The molecule has 0 atom stereocenters. The molecule has 1 N–H and O–H groups in total. The molecule has 138 valence electrons. The molecular formula is C19H18N4O2S2. The number of rotatable bonds is 6. The van der Waals surface area contributed by atoms with Crippen LogP contribution < -0.4 is 11.1 Å². The summed E-state index contributed by atoms with van der Waals surface area (Å²) in [4.78, 5) is 12.0. The minimum absolute atomic E-state index is 0.328. The molecule has 8 heteroatoms. The van der Waals surface area contributed by atoms with E-state index >= 15 is 0 Å². The van der Waals surface area contributed by atoms with Crippen molar-refractivity contribution >= 4 is 45.0 Å². The maximum absolute atomic E-state index is 12.0. The summed E-state index contributed by atoms with van der Waals surface area (Å²) in [6, 6.07) is 13.7. The normalized spacial score (nSPS) is 11.2. The average Bonchev–Trinajstić information content (AvgIpc) is 3.22. The van der Waals surface area contributed by atoms with E-state index in [1.807, 2.05) is 24.3 Å². The van der Waals surface area contributed by atoms with Gasteiger partial charge in [0.2, 0.25) is 5.13 Å². The fraction of sp³-hybridized carbons (Fsp3) is 0.211. The number of thioether (sulfide) groups is 1. The molecule has 2 aromatic carbocycles. The van der Waals surface area contributed by atoms with E-state index in [1.165, 1.54) is 22.5 Å². The van der Waals surface area contributed by atoms with Crippen LogP contribution in [0.15, 0.2) is 56.0 Å². The Morgan fingerprint density at radius 2 is 2.00 bits per heavy atom. The molecule has 4 aromatic rings. The van der Waals surface area contributed by atoms with Crippen molar-refractivity contribution in [1.82, 2.24) is 14.8 Å². The molecule has 0 radical (unpaired) electrons. The van der Waals surface area contributed by atoms with E-state index in [2.05, 4.69) is 41.5 Å². The molecular weight excluding hydrogens is 380 g/mol. The summed E-state index contributed by atoms with van der Waals surface area (Å²) >= 11 is 3.08. The Balaban J connectivity index is 1.39. The van der Waals surface area contributed by atoms with E-state index in [0.717, 1.165) is 20.7 Å². The Kier molecular flexibility index (Phi) is 5.00. The first-order valence-electron chi connectivity index (χ1n) is 8.49. The first-order chi connectivity index (χ1) is 13.1. The highest BCUT2D eigenvalue weighted by Gasteiger charge is 2.10. The summed E-state index contributed by atoms with van der Waals surface area (Å²) in [6.07, 6.45) is 0. The monoisotopic (exact) mass is 398 g/mol. The van der Waals surface area contributed by atoms with E-state index in [4.69, 9.17) is 4.42 Å². The summed E-state index contributed by atoms with van der Waals surface area (Å²) < 4.78 is 7.77. The quantitative estimate of drug-likeness (QED) is 0.479. The second-order valence-corrected chi connectivity index (χ2v) is 8.45. The van der Waals surface area contributed by atoms with Gasteiger partial charge in [0.25, 0.3) is 0 Å². The van der Waals surface area contributed by atoms with Gasteiger partial charge in [-0.15, -0.1) is 10.2 Å². The molecule has 0 saturated heterocycles. The number of benzene rings is 2. The Bertz CT molecular complexity index is 1150. The smallest absolute Gasteiger partial charge is 0.408 e. The van der Waals surface area contributed by atoms with E-state index in [1.54, 1.807) is 22.4 Å². The van der Waals surface area contributed by atoms with Gasteiger partial charge in [-0.1, -0.05) is 41.3 Å². The molecule has 0 fully saturated rings. The molecule has 0 saturated carbocycles. The van der Waals surface area contributed by atoms with Crippen LogP contribution in [0.5, 0.6) is 0 Å². The lowest BCUT2D eigenvalue weighted by Crippen LogP contribution is -2.15. The van der Waals surface area contributed by atoms with Crippen molar-refractivity contribution in [2.75, 3.05) is 11.1 Å². The average molecular weight is 399 g/mol. The highest BCUT2D eigenvalue weighted by atomic mass is 32.2. The van der Waals surface area contributed by atoms with Gasteiger partial charge >= 0.3 is 5.76 Å². The Morgan fingerprint density at radius 3 is 2.85 bits per heavy atom. The lowest BCUT2D eigenvalue weighted by atomic mass is 10.1. The largest absolute Gasteiger partial charge is 0.419 e. The Labute approximate surface area is 164 Å². The highest BCUT2D eigenvalue weighted by molar-refractivity contribution is 8.01. The zero-order valence-corrected chi connectivity index (χ0v) is 16.6. The number of oxazole rings is 1. The van der Waals surface area contributed by atoms with Gasteiger partial charge in [0, 0.05) is 18.0 Å². The molecule has 0 unspecified atom stereocenters. The van der Waals surface area contributed by atoms with Crippen molar-refractivity contribution in [3.8, 4) is 0 Å². The van der Waals surface area contributed by atoms with Crippen LogP contribution >= 0.6 is 23.1 Å². The fourth-order valence-electron chi connectivity index (χ4n) is 2.71. The van der Waals surface area contributed by atoms with Crippen LogP contribution in [0.1, 0.15) is 11.1 Å². The van der Waals surface area contributed by atoms with Crippen LogP contribution in [0.2, 0.25) is 0 Å². The second kappa shape index (κ2) is 7.58. The molecule has 4 rings (SSSR count). The van der Waals surface area contributed by atoms with Crippen LogP contribution in [0.4, 0.5) is 10.8 Å². The predicted molar refractivity (Wildman–Crippen MR) is 110 cm³/mol. The number of nitrogens with one attached hydrogen (secondary N) is 1. The number of nitrogens with zero attached hydrogens (tertiary/aromatic N) is 3. The minimum atomic E-state index is -0.328. The topological polar surface area (TPSA) is 73.0 Å². The van der Waals surface area contributed by atoms with Crippen molar-refractivity contribution in [2.45, 2.75) is 24.7 Å². The Morgan fingerprint density at radius 1 is 1.15 bits per heavy atom. The van der Waals surface area contributed by atoms with E-state index in [-0.39, 0.29) is 5.76 Å². The number of anilines is 2. The van der Waals surface area contributed by atoms with Crippen molar-refractivity contribution < 1.29 is 4.42 Å². The first kappa shape index (κ1) is 17.8. The summed E-state index contributed by atoms with van der Waals surface area (Å²) in [5.41, 5.74) is 4.93. The lowest BCUT2D eigenvalue weighted by molar-refractivity contribution is 0.514. The van der Waals surface area contributed by atoms with Gasteiger partial charge in [0.05, 0.1) is 5.52 Å². The summed E-state index contributed by atoms with van der Waals surface area (Å²) in [5.74, 6) is 0.382. The fourth-order valence-corrected chi connectivity index (χ4v) is 4.48. The van der Waals surface area contributed by atoms with E-state index in [0.29, 0.717) is 17.9 Å². The zero-order valence-electron chi connectivity index (χ0n) is 14.9. The minimum Gasteiger partial charge on any atom is -0.408 e. The summed E-state index contributed by atoms with van der Waals surface area (Å²) in [5, 5.41) is 12.5. The van der Waals surface area contributed by atoms with Crippen molar-refractivity contribution in [1.29, 1.82) is 0 Å². The van der Waals surface area contributed by atoms with Crippen LogP contribution in [0.3, 0.4) is 0 Å². The molecule has 0 spiro atoms. The van der Waals surface area contributed by atoms with Gasteiger partial charge in [0.15, 0.2) is 9.92 Å². The standard InChI is InChI=1S/C19H18N4O2S2/c1-12-7-8-14(11-13(12)2)20-17-21-22-18(27-17)26-10-9-23-15-5-3-4-6-16(15)25-19(23)24/h3-8,11H,9-10H2,1-2H3,(H,20,21). The number of fused-ring (bicyclic) bond motifs is 1. The molecule has 0 aliphatic rings. The van der Waals surface area contributed by atoms with E-state index < -0.39 is 0 Å². The van der Waals surface area contributed by atoms with Gasteiger partial charge < -0.3 is 9.73 Å². The Hall–Kier alpha value is -2.58. The zero-order chi connectivity index (χ0) is 18.8. The van der Waals surface area contributed by atoms with Crippen LogP contribution in [-0.4, -0.2) is 20.5 Å². The summed E-state index contributed by atoms with van der Waals surface area (Å²) in [7, 11) is 0. The first-order valence-corrected chi connectivity index (χ1v) is 10.3. The number of para-hydroxylation sites is 2. The maximum Gasteiger partial charge on any atom is 0.419 e. The number of hydrogen-bond donors (Lipinski definition) is 1. The third-order valence-corrected chi connectivity index (χ3v) is 6.23. The third-order valence-electron chi connectivity index (χ3n) is 4.28. The van der Waals surface area contributed by atoms with Crippen LogP contribution in [-0.2, 0) is 6.54 Å². The van der Waals surface area contributed by atoms with Crippen LogP contribution in [0.25, 0.3) is 11.1 Å². The molecule has 0 amide bonds. The maximum atomic E-state index is 12.0. The second-order valence-electron chi connectivity index (χ2n) is 6.13. The lowest BCUT2D eigenvalue weighted by Gasteiger charge is -2.05. The summed E-state index contributed by atoms with van der Waals surface area (Å²) in [6.45, 7) is 4.73. The number of aromatic nitrogens is 3. The SMILES string of the molecule is Cc1ccc(Nc2nnc(SCCn3c(=O)oc4ccccc43)s2)cc1C. The molecule has 0 aliphatic carbocycles. The van der Waals surface area contributed by atoms with Crippen molar-refractivity contribution in [3.63, 3.8) is 0 Å². The highest BCUT2D eigenvalue weighted by Crippen LogP contribution is 2.28. The number of hydrogen-bond acceptors (Lipinski definition) is 7. The van der Waals surface area contributed by atoms with Gasteiger partial charge in [-0.2, -0.15) is 0 Å². The van der Waals surface area contributed by atoms with Gasteiger partial charge in [-0.05, 0) is 49.2 Å². The van der Waals surface area contributed by atoms with Gasteiger partial charge in [-0.25, -0.2) is 4.79 Å². The van der Waals surface area contributed by atoms with E-state index in [9.17, 15) is 4.79 Å². The third kappa shape index (κ3) is 3.91. The van der Waals surface area contributed by atoms with Gasteiger partial charge in [-0.3, -0.25) is 4.57 Å². The molecule has 6 nitrogen and oxygen atoms in total. The molecule has 27 heavy (non-hydrogen) atoms. The van der Waals surface area contributed by atoms with Crippen molar-refractivity contribution in [3.05, 3.63) is 64.1 Å². The predicted octanol–water partition coefficient (Wildman–Crippen LogP) is 4.60.